The van der Waals surface area contributed by atoms with Gasteiger partial charge >= 0.3 is 5.97 Å². The number of hydrogen-bond acceptors (Lipinski definition) is 5. The lowest BCUT2D eigenvalue weighted by atomic mass is 9.85. The predicted molar refractivity (Wildman–Crippen MR) is 116 cm³/mol. The number of oxazole rings is 1. The zero-order valence-corrected chi connectivity index (χ0v) is 18.6. The number of carbonyl (C=O) groups is 3. The van der Waals surface area contributed by atoms with Crippen LogP contribution in [-0.2, 0) is 27.2 Å². The minimum Gasteiger partial charge on any atom is -0.479 e. The van der Waals surface area contributed by atoms with Gasteiger partial charge in [0.05, 0.1) is 0 Å². The minimum atomic E-state index is -1.39. The standard InChI is InChI=1S/C24H29N3O5/c1-4-14(5-2)20-22(28)26-19(17-10-15-8-6-7-9-16(15)11-17)23(29)27(20)21(24(30)31)18-12-32-13(3)25-18/h6-9,12,14,17,19-21H,4-5,10-11H2,1-3H3,(H,26,28)(H,30,31)/t19-,20-,21?/m1/s1. The number of fused-ring (bicyclic) bond motifs is 1. The first-order chi connectivity index (χ1) is 15.3. The van der Waals surface area contributed by atoms with E-state index in [2.05, 4.69) is 10.3 Å². The quantitative estimate of drug-likeness (QED) is 0.686. The highest BCUT2D eigenvalue weighted by Crippen LogP contribution is 2.36. The highest BCUT2D eigenvalue weighted by molar-refractivity contribution is 5.99. The van der Waals surface area contributed by atoms with Crippen LogP contribution in [-0.4, -0.2) is 44.9 Å². The van der Waals surface area contributed by atoms with Gasteiger partial charge in [-0.3, -0.25) is 9.59 Å². The van der Waals surface area contributed by atoms with Crippen molar-refractivity contribution in [3.8, 4) is 0 Å². The number of carboxylic acids is 1. The smallest absolute Gasteiger partial charge is 0.332 e. The van der Waals surface area contributed by atoms with Gasteiger partial charge in [0.1, 0.15) is 24.0 Å². The number of aromatic nitrogens is 1. The summed E-state index contributed by atoms with van der Waals surface area (Å²) < 4.78 is 5.25. The second kappa shape index (κ2) is 8.76. The third-order valence-corrected chi connectivity index (χ3v) is 6.86. The minimum absolute atomic E-state index is 0.123. The van der Waals surface area contributed by atoms with Gasteiger partial charge in [0, 0.05) is 6.92 Å². The molecule has 1 aliphatic carbocycles. The summed E-state index contributed by atoms with van der Waals surface area (Å²) in [6, 6.07) is 4.95. The zero-order chi connectivity index (χ0) is 23.0. The van der Waals surface area contributed by atoms with E-state index in [4.69, 9.17) is 4.42 Å². The maximum Gasteiger partial charge on any atom is 0.332 e. The molecule has 1 unspecified atom stereocenters. The first kappa shape index (κ1) is 22.0. The number of amides is 2. The van der Waals surface area contributed by atoms with E-state index in [-0.39, 0.29) is 29.3 Å². The van der Waals surface area contributed by atoms with Gasteiger partial charge in [0.25, 0.3) is 0 Å². The molecule has 0 bridgehead atoms. The monoisotopic (exact) mass is 439 g/mol. The second-order valence-electron chi connectivity index (χ2n) is 8.72. The molecule has 0 saturated carbocycles. The number of carbonyl (C=O) groups excluding carboxylic acids is 2. The first-order valence-electron chi connectivity index (χ1n) is 11.2. The van der Waals surface area contributed by atoms with Crippen molar-refractivity contribution in [3.63, 3.8) is 0 Å². The van der Waals surface area contributed by atoms with Crippen LogP contribution in [0, 0.1) is 18.8 Å². The van der Waals surface area contributed by atoms with E-state index in [9.17, 15) is 19.5 Å². The molecule has 8 nitrogen and oxygen atoms in total. The maximum absolute atomic E-state index is 13.9. The van der Waals surface area contributed by atoms with Crippen molar-refractivity contribution in [2.24, 2.45) is 11.8 Å². The number of carboxylic acid groups (broad SMARTS) is 1. The van der Waals surface area contributed by atoms with Gasteiger partial charge in [-0.25, -0.2) is 9.78 Å². The molecule has 0 spiro atoms. The molecule has 1 fully saturated rings. The molecular formula is C24H29N3O5. The molecule has 2 amide bonds. The van der Waals surface area contributed by atoms with Crippen LogP contribution >= 0.6 is 0 Å². The van der Waals surface area contributed by atoms with Gasteiger partial charge < -0.3 is 19.7 Å². The van der Waals surface area contributed by atoms with Gasteiger partial charge in [-0.2, -0.15) is 0 Å². The molecular weight excluding hydrogens is 410 g/mol. The Kier molecular flexibility index (Phi) is 6.04. The van der Waals surface area contributed by atoms with Crippen molar-refractivity contribution in [1.82, 2.24) is 15.2 Å². The number of hydrogen-bond donors (Lipinski definition) is 2. The van der Waals surface area contributed by atoms with E-state index < -0.39 is 24.1 Å². The molecule has 1 aliphatic heterocycles. The third kappa shape index (κ3) is 3.78. The van der Waals surface area contributed by atoms with Crippen molar-refractivity contribution in [2.45, 2.75) is 64.6 Å². The Morgan fingerprint density at radius 2 is 1.84 bits per heavy atom. The summed E-state index contributed by atoms with van der Waals surface area (Å²) >= 11 is 0. The molecule has 2 aliphatic rings. The van der Waals surface area contributed by atoms with E-state index >= 15 is 0 Å². The molecule has 32 heavy (non-hydrogen) atoms. The molecule has 170 valence electrons. The molecule has 1 aromatic carbocycles. The molecule has 1 aromatic heterocycles. The lowest BCUT2D eigenvalue weighted by molar-refractivity contribution is -0.164. The SMILES string of the molecule is CCC(CC)[C@@H]1C(=O)N[C@H](C2Cc3ccccc3C2)C(=O)N1C(C(=O)O)c1coc(C)n1. The normalized spacial score (nSPS) is 22.2. The van der Waals surface area contributed by atoms with Gasteiger partial charge in [0.2, 0.25) is 11.8 Å². The number of rotatable bonds is 7. The number of piperazine rings is 1. The van der Waals surface area contributed by atoms with Gasteiger partial charge in [-0.1, -0.05) is 51.0 Å². The Balaban J connectivity index is 1.74. The van der Waals surface area contributed by atoms with Crippen molar-refractivity contribution in [2.75, 3.05) is 0 Å². The second-order valence-corrected chi connectivity index (χ2v) is 8.72. The predicted octanol–water partition coefficient (Wildman–Crippen LogP) is 2.66. The Labute approximate surface area is 187 Å². The summed E-state index contributed by atoms with van der Waals surface area (Å²) in [7, 11) is 0. The first-order valence-corrected chi connectivity index (χ1v) is 11.2. The number of nitrogens with zero attached hydrogens (tertiary/aromatic N) is 2. The average Bonchev–Trinajstić information content (AvgIpc) is 3.38. The van der Waals surface area contributed by atoms with Crippen molar-refractivity contribution in [1.29, 1.82) is 0 Å². The lowest BCUT2D eigenvalue weighted by Gasteiger charge is -2.45. The van der Waals surface area contributed by atoms with E-state index in [1.807, 2.05) is 38.1 Å². The summed E-state index contributed by atoms with van der Waals surface area (Å²) in [5.41, 5.74) is 2.45. The molecule has 2 N–H and O–H groups in total. The molecule has 1 saturated heterocycles. The Hall–Kier alpha value is -3.16. The van der Waals surface area contributed by atoms with Crippen molar-refractivity contribution < 1.29 is 23.9 Å². The van der Waals surface area contributed by atoms with E-state index in [0.29, 0.717) is 31.6 Å². The number of nitrogens with one attached hydrogen (secondary N) is 1. The van der Waals surface area contributed by atoms with E-state index in [1.165, 1.54) is 11.2 Å². The third-order valence-electron chi connectivity index (χ3n) is 6.86. The Morgan fingerprint density at radius 1 is 1.22 bits per heavy atom. The number of aliphatic carboxylic acids is 1. The average molecular weight is 440 g/mol. The van der Waals surface area contributed by atoms with Gasteiger partial charge in [0.15, 0.2) is 11.9 Å². The largest absolute Gasteiger partial charge is 0.479 e. The highest BCUT2D eigenvalue weighted by atomic mass is 16.4. The van der Waals surface area contributed by atoms with Gasteiger partial charge in [-0.15, -0.1) is 0 Å². The fourth-order valence-corrected chi connectivity index (χ4v) is 5.23. The summed E-state index contributed by atoms with van der Waals surface area (Å²) in [5, 5.41) is 13.1. The summed E-state index contributed by atoms with van der Waals surface area (Å²) in [6.07, 6.45) is 3.87. The van der Waals surface area contributed by atoms with E-state index in [0.717, 1.165) is 11.1 Å². The van der Waals surface area contributed by atoms with Crippen LogP contribution in [0.15, 0.2) is 34.9 Å². The maximum atomic E-state index is 13.9. The number of benzene rings is 1. The van der Waals surface area contributed by atoms with Crippen LogP contribution in [0.2, 0.25) is 0 Å². The lowest BCUT2D eigenvalue weighted by Crippen LogP contribution is -2.68. The Bertz CT molecular complexity index is 1000. The zero-order valence-electron chi connectivity index (χ0n) is 18.6. The van der Waals surface area contributed by atoms with Crippen molar-refractivity contribution in [3.05, 3.63) is 53.2 Å². The number of aryl methyl sites for hydroxylation is 1. The van der Waals surface area contributed by atoms with Gasteiger partial charge in [-0.05, 0) is 35.8 Å². The van der Waals surface area contributed by atoms with Crippen LogP contribution in [0.1, 0.15) is 55.4 Å². The van der Waals surface area contributed by atoms with Crippen LogP contribution < -0.4 is 5.32 Å². The molecule has 4 rings (SSSR count). The topological polar surface area (TPSA) is 113 Å². The van der Waals surface area contributed by atoms with Crippen LogP contribution in [0.25, 0.3) is 0 Å². The van der Waals surface area contributed by atoms with E-state index in [1.54, 1.807) is 6.92 Å². The molecule has 0 radical (unpaired) electrons. The summed E-state index contributed by atoms with van der Waals surface area (Å²) in [6.45, 7) is 5.50. The van der Waals surface area contributed by atoms with Crippen molar-refractivity contribution >= 4 is 17.8 Å². The molecule has 2 heterocycles. The van der Waals surface area contributed by atoms with Crippen LogP contribution in [0.3, 0.4) is 0 Å². The van der Waals surface area contributed by atoms with Crippen LogP contribution in [0.4, 0.5) is 0 Å². The van der Waals surface area contributed by atoms with Crippen LogP contribution in [0.5, 0.6) is 0 Å². The summed E-state index contributed by atoms with van der Waals surface area (Å²) in [4.78, 5) is 45.1. The molecule has 2 aromatic rings. The highest BCUT2D eigenvalue weighted by Gasteiger charge is 2.51. The molecule has 8 heteroatoms. The molecule has 3 atom stereocenters. The fraction of sp³-hybridized carbons (Fsp3) is 0.500. The summed E-state index contributed by atoms with van der Waals surface area (Å²) in [5.74, 6) is -1.89. The Morgan fingerprint density at radius 3 is 2.34 bits per heavy atom. The fourth-order valence-electron chi connectivity index (χ4n) is 5.23.